The number of aryl methyl sites for hydroxylation is 1. The molecule has 14 heavy (non-hydrogen) atoms. The van der Waals surface area contributed by atoms with E-state index in [0.29, 0.717) is 0 Å². The first kappa shape index (κ1) is 9.69. The zero-order chi connectivity index (χ0) is 9.97. The van der Waals surface area contributed by atoms with E-state index in [0.717, 1.165) is 25.1 Å². The molecular formula is C12H17NO. The highest BCUT2D eigenvalue weighted by atomic mass is 16.3. The number of aliphatic hydroxyl groups is 1. The lowest BCUT2D eigenvalue weighted by Crippen LogP contribution is -2.12. The Bertz CT molecular complexity index is 320. The predicted molar refractivity (Wildman–Crippen MR) is 57.1 cm³/mol. The lowest BCUT2D eigenvalue weighted by Gasteiger charge is -2.10. The number of fused-ring (bicyclic) bond motifs is 1. The third-order valence-electron chi connectivity index (χ3n) is 2.83. The fourth-order valence-corrected chi connectivity index (χ4v) is 1.94. The summed E-state index contributed by atoms with van der Waals surface area (Å²) in [5, 5.41) is 12.9. The lowest BCUT2D eigenvalue weighted by atomic mass is 9.99. The van der Waals surface area contributed by atoms with Gasteiger partial charge in [-0.2, -0.15) is 0 Å². The van der Waals surface area contributed by atoms with E-state index in [2.05, 4.69) is 17.4 Å². The van der Waals surface area contributed by atoms with Gasteiger partial charge in [0.05, 0.1) is 6.10 Å². The molecule has 2 heteroatoms. The van der Waals surface area contributed by atoms with Gasteiger partial charge in [0.2, 0.25) is 0 Å². The van der Waals surface area contributed by atoms with Gasteiger partial charge in [-0.05, 0) is 43.0 Å². The molecule has 1 aromatic rings. The Morgan fingerprint density at radius 3 is 3.00 bits per heavy atom. The summed E-state index contributed by atoms with van der Waals surface area (Å²) in [6, 6.07) is 6.32. The lowest BCUT2D eigenvalue weighted by molar-refractivity contribution is 0.199. The van der Waals surface area contributed by atoms with Crippen LogP contribution >= 0.6 is 0 Å². The second-order valence-corrected chi connectivity index (χ2v) is 3.98. The van der Waals surface area contributed by atoms with E-state index in [-0.39, 0.29) is 6.10 Å². The number of rotatable bonds is 1. The van der Waals surface area contributed by atoms with Crippen molar-refractivity contribution in [2.24, 2.45) is 0 Å². The van der Waals surface area contributed by atoms with Crippen LogP contribution in [0.2, 0.25) is 0 Å². The summed E-state index contributed by atoms with van der Waals surface area (Å²) in [5.41, 5.74) is 3.80. The third-order valence-corrected chi connectivity index (χ3v) is 2.83. The van der Waals surface area contributed by atoms with Crippen molar-refractivity contribution in [2.75, 3.05) is 6.54 Å². The molecule has 2 rings (SSSR count). The predicted octanol–water partition coefficient (Wildman–Crippen LogP) is 1.78. The van der Waals surface area contributed by atoms with Crippen LogP contribution < -0.4 is 5.32 Å². The number of hydrogen-bond acceptors (Lipinski definition) is 2. The Hall–Kier alpha value is -0.860. The van der Waals surface area contributed by atoms with Gasteiger partial charge in [-0.25, -0.2) is 0 Å². The molecule has 1 aromatic carbocycles. The standard InChI is InChI=1S/C12H17NO/c1-9(14)11-5-4-10-3-2-6-13-8-12(10)7-11/h4-5,7,9,13-14H,2-3,6,8H2,1H3. The average molecular weight is 191 g/mol. The fraction of sp³-hybridized carbons (Fsp3) is 0.500. The van der Waals surface area contributed by atoms with Crippen molar-refractivity contribution in [3.05, 3.63) is 34.9 Å². The van der Waals surface area contributed by atoms with E-state index >= 15 is 0 Å². The van der Waals surface area contributed by atoms with Crippen LogP contribution in [-0.2, 0) is 13.0 Å². The largest absolute Gasteiger partial charge is 0.389 e. The Labute approximate surface area is 85.0 Å². The van der Waals surface area contributed by atoms with Crippen molar-refractivity contribution in [1.82, 2.24) is 5.32 Å². The van der Waals surface area contributed by atoms with E-state index < -0.39 is 0 Å². The number of benzene rings is 1. The van der Waals surface area contributed by atoms with Gasteiger partial charge in [-0.3, -0.25) is 0 Å². The van der Waals surface area contributed by atoms with Crippen molar-refractivity contribution >= 4 is 0 Å². The first-order valence-electron chi connectivity index (χ1n) is 5.28. The minimum atomic E-state index is -0.358. The maximum absolute atomic E-state index is 9.48. The molecule has 1 aliphatic rings. The normalized spacial score (nSPS) is 18.4. The molecule has 0 aliphatic carbocycles. The minimum Gasteiger partial charge on any atom is -0.389 e. The highest BCUT2D eigenvalue weighted by Gasteiger charge is 2.09. The summed E-state index contributed by atoms with van der Waals surface area (Å²) in [7, 11) is 0. The third kappa shape index (κ3) is 1.97. The molecule has 2 nitrogen and oxygen atoms in total. The van der Waals surface area contributed by atoms with Gasteiger partial charge in [0, 0.05) is 6.54 Å². The molecule has 0 radical (unpaired) electrons. The molecule has 0 aromatic heterocycles. The molecule has 1 aliphatic heterocycles. The van der Waals surface area contributed by atoms with Gasteiger partial charge < -0.3 is 10.4 Å². The van der Waals surface area contributed by atoms with E-state index in [1.807, 2.05) is 13.0 Å². The molecule has 0 amide bonds. The van der Waals surface area contributed by atoms with Gasteiger partial charge >= 0.3 is 0 Å². The van der Waals surface area contributed by atoms with Crippen molar-refractivity contribution in [1.29, 1.82) is 0 Å². The molecular weight excluding hydrogens is 174 g/mol. The van der Waals surface area contributed by atoms with Crippen molar-refractivity contribution in [3.63, 3.8) is 0 Å². The number of hydrogen-bond donors (Lipinski definition) is 2. The smallest absolute Gasteiger partial charge is 0.0762 e. The van der Waals surface area contributed by atoms with Crippen LogP contribution in [0.15, 0.2) is 18.2 Å². The molecule has 1 heterocycles. The Morgan fingerprint density at radius 1 is 1.36 bits per heavy atom. The zero-order valence-electron chi connectivity index (χ0n) is 8.59. The van der Waals surface area contributed by atoms with E-state index in [4.69, 9.17) is 0 Å². The summed E-state index contributed by atoms with van der Waals surface area (Å²) in [6.07, 6.45) is 2.01. The SMILES string of the molecule is CC(O)c1ccc2c(c1)CNCCC2. The fourth-order valence-electron chi connectivity index (χ4n) is 1.94. The molecule has 76 valence electrons. The molecule has 0 spiro atoms. The highest BCUT2D eigenvalue weighted by Crippen LogP contribution is 2.20. The van der Waals surface area contributed by atoms with Crippen LogP contribution in [-0.4, -0.2) is 11.7 Å². The van der Waals surface area contributed by atoms with Crippen LogP contribution in [0.3, 0.4) is 0 Å². The number of aliphatic hydroxyl groups excluding tert-OH is 1. The molecule has 0 fully saturated rings. The van der Waals surface area contributed by atoms with Gasteiger partial charge in [0.15, 0.2) is 0 Å². The summed E-state index contributed by atoms with van der Waals surface area (Å²) < 4.78 is 0. The second kappa shape index (κ2) is 4.11. The van der Waals surface area contributed by atoms with Crippen LogP contribution in [0.1, 0.15) is 36.1 Å². The maximum atomic E-state index is 9.48. The first-order valence-corrected chi connectivity index (χ1v) is 5.28. The summed E-state index contributed by atoms with van der Waals surface area (Å²) >= 11 is 0. The van der Waals surface area contributed by atoms with Crippen molar-refractivity contribution in [3.8, 4) is 0 Å². The molecule has 0 saturated carbocycles. The van der Waals surface area contributed by atoms with Gasteiger partial charge in [0.25, 0.3) is 0 Å². The average Bonchev–Trinajstić information content (AvgIpc) is 2.41. The molecule has 0 bridgehead atoms. The van der Waals surface area contributed by atoms with Crippen LogP contribution in [0.25, 0.3) is 0 Å². The number of nitrogens with one attached hydrogen (secondary N) is 1. The van der Waals surface area contributed by atoms with Crippen LogP contribution in [0.4, 0.5) is 0 Å². The summed E-state index contributed by atoms with van der Waals surface area (Å²) in [5.74, 6) is 0. The van der Waals surface area contributed by atoms with Crippen LogP contribution in [0.5, 0.6) is 0 Å². The molecule has 1 unspecified atom stereocenters. The molecule has 1 atom stereocenters. The monoisotopic (exact) mass is 191 g/mol. The Morgan fingerprint density at radius 2 is 2.21 bits per heavy atom. The highest BCUT2D eigenvalue weighted by molar-refractivity contribution is 5.33. The van der Waals surface area contributed by atoms with Crippen molar-refractivity contribution in [2.45, 2.75) is 32.4 Å². The first-order chi connectivity index (χ1) is 6.77. The zero-order valence-corrected chi connectivity index (χ0v) is 8.59. The van der Waals surface area contributed by atoms with Gasteiger partial charge in [-0.15, -0.1) is 0 Å². The molecule has 0 saturated heterocycles. The van der Waals surface area contributed by atoms with Crippen LogP contribution in [0, 0.1) is 0 Å². The Kier molecular flexibility index (Phi) is 2.85. The Balaban J connectivity index is 2.32. The summed E-state index contributed by atoms with van der Waals surface area (Å²) in [4.78, 5) is 0. The quantitative estimate of drug-likeness (QED) is 0.709. The molecule has 2 N–H and O–H groups in total. The van der Waals surface area contributed by atoms with Gasteiger partial charge in [0.1, 0.15) is 0 Å². The minimum absolute atomic E-state index is 0.358. The van der Waals surface area contributed by atoms with Crippen molar-refractivity contribution < 1.29 is 5.11 Å². The summed E-state index contributed by atoms with van der Waals surface area (Å²) in [6.45, 7) is 3.85. The maximum Gasteiger partial charge on any atom is 0.0762 e. The van der Waals surface area contributed by atoms with E-state index in [9.17, 15) is 5.11 Å². The topological polar surface area (TPSA) is 32.3 Å². The second-order valence-electron chi connectivity index (χ2n) is 3.98. The van der Waals surface area contributed by atoms with E-state index in [1.165, 1.54) is 17.5 Å². The van der Waals surface area contributed by atoms with Gasteiger partial charge in [-0.1, -0.05) is 18.2 Å². The van der Waals surface area contributed by atoms with E-state index in [1.54, 1.807) is 0 Å².